The van der Waals surface area contributed by atoms with Gasteiger partial charge in [0, 0.05) is 44.5 Å². The molecule has 0 unspecified atom stereocenters. The van der Waals surface area contributed by atoms with E-state index < -0.39 is 23.0 Å². The van der Waals surface area contributed by atoms with Crippen molar-refractivity contribution in [1.82, 2.24) is 9.80 Å². The zero-order valence-electron chi connectivity index (χ0n) is 19.1. The predicted octanol–water partition coefficient (Wildman–Crippen LogP) is 3.47. The molecule has 2 heterocycles. The number of rotatable bonds is 6. The first kappa shape index (κ1) is 23.0. The fraction of sp³-hybridized carbons (Fsp3) is 0.423. The van der Waals surface area contributed by atoms with Crippen molar-refractivity contribution in [2.75, 3.05) is 26.7 Å². The summed E-state index contributed by atoms with van der Waals surface area (Å²) in [6, 6.07) is 13.8. The molecule has 4 rings (SSSR count). The van der Waals surface area contributed by atoms with E-state index in [1.165, 1.54) is 25.2 Å². The van der Waals surface area contributed by atoms with Crippen LogP contribution in [0.5, 0.6) is 5.75 Å². The number of likely N-dealkylation sites (N-methyl/N-ethyl adjacent to an activating group) is 1. The van der Waals surface area contributed by atoms with E-state index >= 15 is 0 Å². The highest BCUT2D eigenvalue weighted by Crippen LogP contribution is 2.41. The van der Waals surface area contributed by atoms with Crippen molar-refractivity contribution < 1.29 is 23.5 Å². The highest BCUT2D eigenvalue weighted by atomic mass is 19.1. The summed E-state index contributed by atoms with van der Waals surface area (Å²) in [5.74, 6) is -0.785. The van der Waals surface area contributed by atoms with E-state index in [9.17, 15) is 18.8 Å². The van der Waals surface area contributed by atoms with Gasteiger partial charge in [0.2, 0.25) is 17.7 Å². The van der Waals surface area contributed by atoms with Crippen molar-refractivity contribution in [2.24, 2.45) is 5.92 Å². The maximum Gasteiger partial charge on any atom is 0.240 e. The molecule has 2 aliphatic rings. The number of amides is 3. The molecule has 2 fully saturated rings. The van der Waals surface area contributed by atoms with E-state index in [4.69, 9.17) is 4.74 Å². The van der Waals surface area contributed by atoms with Gasteiger partial charge in [-0.05, 0) is 43.5 Å². The quantitative estimate of drug-likeness (QED) is 0.630. The highest BCUT2D eigenvalue weighted by molar-refractivity contribution is 6.10. The lowest BCUT2D eigenvalue weighted by Crippen LogP contribution is -2.46. The van der Waals surface area contributed by atoms with Crippen LogP contribution in [0.25, 0.3) is 0 Å². The third kappa shape index (κ3) is 4.63. The minimum absolute atomic E-state index is 0.109. The van der Waals surface area contributed by atoms with Gasteiger partial charge in [0.1, 0.15) is 11.6 Å². The molecule has 0 radical (unpaired) electrons. The molecule has 0 aliphatic carbocycles. The fourth-order valence-electron chi connectivity index (χ4n) is 4.90. The Hall–Kier alpha value is -3.22. The molecule has 2 aromatic rings. The van der Waals surface area contributed by atoms with E-state index in [1.807, 2.05) is 31.2 Å². The Morgan fingerprint density at radius 2 is 1.97 bits per heavy atom. The maximum absolute atomic E-state index is 14.7. The van der Waals surface area contributed by atoms with Crippen LogP contribution in [0.4, 0.5) is 4.39 Å². The minimum Gasteiger partial charge on any atom is -0.493 e. The van der Waals surface area contributed by atoms with Gasteiger partial charge in [0.25, 0.3) is 0 Å². The molecular formula is C26H29FN2O4. The average Bonchev–Trinajstić information content (AvgIpc) is 3.02. The van der Waals surface area contributed by atoms with Crippen LogP contribution in [0, 0.1) is 18.7 Å². The van der Waals surface area contributed by atoms with Crippen LogP contribution in [0.1, 0.15) is 36.8 Å². The van der Waals surface area contributed by atoms with Gasteiger partial charge >= 0.3 is 0 Å². The number of benzene rings is 2. The van der Waals surface area contributed by atoms with Crippen molar-refractivity contribution in [3.05, 3.63) is 65.5 Å². The second kappa shape index (κ2) is 9.33. The van der Waals surface area contributed by atoms with Gasteiger partial charge in [-0.3, -0.25) is 19.3 Å². The van der Waals surface area contributed by atoms with Crippen LogP contribution in [-0.4, -0.2) is 54.3 Å². The third-order valence-corrected chi connectivity index (χ3v) is 6.73. The fourth-order valence-corrected chi connectivity index (χ4v) is 4.90. The Balaban J connectivity index is 1.48. The Labute approximate surface area is 193 Å². The van der Waals surface area contributed by atoms with Crippen LogP contribution < -0.4 is 4.74 Å². The topological polar surface area (TPSA) is 66.9 Å². The number of halogens is 1. The second-order valence-electron chi connectivity index (χ2n) is 9.15. The highest BCUT2D eigenvalue weighted by Gasteiger charge is 2.54. The molecule has 0 bridgehead atoms. The van der Waals surface area contributed by atoms with Crippen LogP contribution in [0.2, 0.25) is 0 Å². The van der Waals surface area contributed by atoms with Crippen LogP contribution in [0.15, 0.2) is 48.5 Å². The molecule has 7 heteroatoms. The first-order chi connectivity index (χ1) is 15.8. The van der Waals surface area contributed by atoms with Gasteiger partial charge in [-0.25, -0.2) is 4.39 Å². The molecule has 174 valence electrons. The number of nitrogens with zero attached hydrogens (tertiary/aromatic N) is 2. The molecule has 2 aliphatic heterocycles. The molecule has 33 heavy (non-hydrogen) atoms. The summed E-state index contributed by atoms with van der Waals surface area (Å²) in [4.78, 5) is 41.6. The Morgan fingerprint density at radius 1 is 1.18 bits per heavy atom. The number of ether oxygens (including phenoxy) is 1. The maximum atomic E-state index is 14.7. The average molecular weight is 453 g/mol. The van der Waals surface area contributed by atoms with E-state index in [-0.39, 0.29) is 30.2 Å². The number of carbonyl (C=O) groups is 3. The first-order valence-electron chi connectivity index (χ1n) is 11.3. The lowest BCUT2D eigenvalue weighted by atomic mass is 9.75. The smallest absolute Gasteiger partial charge is 0.240 e. The van der Waals surface area contributed by atoms with Crippen LogP contribution >= 0.6 is 0 Å². The Morgan fingerprint density at radius 3 is 2.67 bits per heavy atom. The van der Waals surface area contributed by atoms with Gasteiger partial charge in [-0.1, -0.05) is 30.3 Å². The molecule has 0 aromatic heterocycles. The molecule has 0 spiro atoms. The van der Waals surface area contributed by atoms with Crippen molar-refractivity contribution in [3.8, 4) is 5.75 Å². The van der Waals surface area contributed by atoms with Crippen LogP contribution in [0.3, 0.4) is 0 Å². The standard InChI is InChI=1S/C26H29FN2O4/c1-18-7-5-9-20(13-18)33-17-19-8-6-12-29(16-19)24(31)15-26(14-23(30)28(2)25(26)32)21-10-3-4-11-22(21)27/h3-5,7,9-11,13,19H,6,8,12,14-17H2,1-2H3/t19-,26+/m1/s1. The summed E-state index contributed by atoms with van der Waals surface area (Å²) >= 11 is 0. The molecular weight excluding hydrogens is 423 g/mol. The zero-order valence-corrected chi connectivity index (χ0v) is 19.1. The molecule has 0 saturated carbocycles. The number of imide groups is 1. The number of piperidine rings is 1. The molecule has 0 N–H and O–H groups in total. The lowest BCUT2D eigenvalue weighted by Gasteiger charge is -2.35. The number of likely N-dealkylation sites (tertiary alicyclic amines) is 2. The molecule has 6 nitrogen and oxygen atoms in total. The summed E-state index contributed by atoms with van der Waals surface area (Å²) in [5.41, 5.74) is -0.274. The SMILES string of the molecule is Cc1cccc(OC[C@@H]2CCCN(C(=O)C[C@]3(c4ccccc4F)CC(=O)N(C)C3=O)C2)c1. The van der Waals surface area contributed by atoms with Gasteiger partial charge in [0.15, 0.2) is 0 Å². The summed E-state index contributed by atoms with van der Waals surface area (Å²) in [5, 5.41) is 0. The monoisotopic (exact) mass is 452 g/mol. The van der Waals surface area contributed by atoms with Crippen molar-refractivity contribution in [1.29, 1.82) is 0 Å². The van der Waals surface area contributed by atoms with Gasteiger partial charge < -0.3 is 9.64 Å². The van der Waals surface area contributed by atoms with E-state index in [2.05, 4.69) is 0 Å². The van der Waals surface area contributed by atoms with E-state index in [0.717, 1.165) is 29.1 Å². The lowest BCUT2D eigenvalue weighted by molar-refractivity contribution is -0.142. The second-order valence-corrected chi connectivity index (χ2v) is 9.15. The van der Waals surface area contributed by atoms with E-state index in [0.29, 0.717) is 19.7 Å². The predicted molar refractivity (Wildman–Crippen MR) is 121 cm³/mol. The summed E-state index contributed by atoms with van der Waals surface area (Å²) in [6.45, 7) is 3.58. The van der Waals surface area contributed by atoms with Crippen molar-refractivity contribution in [2.45, 2.75) is 38.0 Å². The Kier molecular flexibility index (Phi) is 6.49. The summed E-state index contributed by atoms with van der Waals surface area (Å²) < 4.78 is 20.7. The summed E-state index contributed by atoms with van der Waals surface area (Å²) in [6.07, 6.45) is 1.33. The summed E-state index contributed by atoms with van der Waals surface area (Å²) in [7, 11) is 1.39. The molecule has 3 amide bonds. The van der Waals surface area contributed by atoms with Gasteiger partial charge in [-0.2, -0.15) is 0 Å². The third-order valence-electron chi connectivity index (χ3n) is 6.73. The first-order valence-corrected chi connectivity index (χ1v) is 11.3. The largest absolute Gasteiger partial charge is 0.493 e. The molecule has 2 aromatic carbocycles. The van der Waals surface area contributed by atoms with Crippen molar-refractivity contribution in [3.63, 3.8) is 0 Å². The Bertz CT molecular complexity index is 1070. The number of carbonyl (C=O) groups excluding carboxylic acids is 3. The van der Waals surface area contributed by atoms with Gasteiger partial charge in [0.05, 0.1) is 12.0 Å². The number of aryl methyl sites for hydroxylation is 1. The van der Waals surface area contributed by atoms with Crippen molar-refractivity contribution >= 4 is 17.7 Å². The number of hydrogen-bond donors (Lipinski definition) is 0. The molecule has 2 saturated heterocycles. The molecule has 2 atom stereocenters. The number of hydrogen-bond acceptors (Lipinski definition) is 4. The normalized spacial score (nSPS) is 23.2. The van der Waals surface area contributed by atoms with E-state index in [1.54, 1.807) is 11.0 Å². The minimum atomic E-state index is -1.50. The zero-order chi connectivity index (χ0) is 23.6. The van der Waals surface area contributed by atoms with Gasteiger partial charge in [-0.15, -0.1) is 0 Å². The van der Waals surface area contributed by atoms with Crippen LogP contribution in [-0.2, 0) is 19.8 Å².